The second kappa shape index (κ2) is 7.15. The number of carbonyl (C=O) groups excluding carboxylic acids is 1. The van der Waals surface area contributed by atoms with Crippen molar-refractivity contribution in [1.29, 1.82) is 0 Å². The summed E-state index contributed by atoms with van der Waals surface area (Å²) < 4.78 is 3.73. The Balaban J connectivity index is 1.26. The number of amides is 1. The van der Waals surface area contributed by atoms with Crippen LogP contribution in [0.2, 0.25) is 0 Å². The van der Waals surface area contributed by atoms with Crippen LogP contribution in [-0.2, 0) is 20.6 Å². The Bertz CT molecular complexity index is 1150. The van der Waals surface area contributed by atoms with Gasteiger partial charge in [0, 0.05) is 76.1 Å². The highest BCUT2D eigenvalue weighted by Gasteiger charge is 2.35. The van der Waals surface area contributed by atoms with Crippen LogP contribution in [0, 0.1) is 0 Å². The topological polar surface area (TPSA) is 72.1 Å². The highest BCUT2D eigenvalue weighted by Crippen LogP contribution is 2.45. The Kier molecular flexibility index (Phi) is 4.38. The van der Waals surface area contributed by atoms with E-state index in [-0.39, 0.29) is 5.91 Å². The van der Waals surface area contributed by atoms with Gasteiger partial charge in [0.15, 0.2) is 5.65 Å². The van der Waals surface area contributed by atoms with Gasteiger partial charge in [-0.15, -0.1) is 0 Å². The van der Waals surface area contributed by atoms with Crippen molar-refractivity contribution in [3.8, 4) is 0 Å². The van der Waals surface area contributed by atoms with Crippen molar-refractivity contribution in [1.82, 2.24) is 34.3 Å². The van der Waals surface area contributed by atoms with Gasteiger partial charge in [0.25, 0.3) is 5.91 Å². The normalized spacial score (nSPS) is 20.0. The Morgan fingerprint density at radius 3 is 2.45 bits per heavy atom. The lowest BCUT2D eigenvalue weighted by Crippen LogP contribution is -2.48. The summed E-state index contributed by atoms with van der Waals surface area (Å²) in [7, 11) is 3.91. The van der Waals surface area contributed by atoms with Gasteiger partial charge in [-0.2, -0.15) is 10.2 Å². The Morgan fingerprint density at radius 1 is 1.06 bits per heavy atom. The average Bonchev–Trinajstić information content (AvgIpc) is 3.70. The van der Waals surface area contributed by atoms with E-state index in [0.29, 0.717) is 11.8 Å². The fraction of sp³-hybridized carbons (Fsp3) is 0.565. The molecule has 3 aliphatic rings. The highest BCUT2D eigenvalue weighted by atomic mass is 16.2. The van der Waals surface area contributed by atoms with Gasteiger partial charge in [-0.25, -0.2) is 4.98 Å². The molecule has 0 unspecified atom stereocenters. The quantitative estimate of drug-likeness (QED) is 0.635. The van der Waals surface area contributed by atoms with Crippen LogP contribution in [0.15, 0.2) is 18.5 Å². The SMILES string of the molecule is Cn1cc(CN2CCN(C(=O)c3cc(C4CC4)nc4c3c(C3CC3)nn4C)CC2)cn1. The molecule has 0 bridgehead atoms. The third-order valence-electron chi connectivity index (χ3n) is 6.85. The molecule has 0 atom stereocenters. The van der Waals surface area contributed by atoms with E-state index in [4.69, 9.17) is 10.1 Å². The van der Waals surface area contributed by atoms with Gasteiger partial charge in [-0.05, 0) is 31.7 Å². The van der Waals surface area contributed by atoms with Crippen LogP contribution >= 0.6 is 0 Å². The van der Waals surface area contributed by atoms with E-state index in [1.807, 2.05) is 34.6 Å². The fourth-order valence-electron chi connectivity index (χ4n) is 4.79. The van der Waals surface area contributed by atoms with Crippen LogP contribution < -0.4 is 0 Å². The molecule has 4 heterocycles. The number of piperazine rings is 1. The molecule has 1 saturated heterocycles. The largest absolute Gasteiger partial charge is 0.336 e. The lowest BCUT2D eigenvalue weighted by atomic mass is 10.0. The highest BCUT2D eigenvalue weighted by molar-refractivity contribution is 6.07. The van der Waals surface area contributed by atoms with Crippen molar-refractivity contribution in [2.24, 2.45) is 14.1 Å². The first kappa shape index (κ1) is 19.0. The van der Waals surface area contributed by atoms with E-state index in [1.165, 1.54) is 18.4 Å². The minimum absolute atomic E-state index is 0.144. The van der Waals surface area contributed by atoms with Crippen LogP contribution in [-0.4, -0.2) is 66.4 Å². The number of fused-ring (bicyclic) bond motifs is 1. The van der Waals surface area contributed by atoms with E-state index in [2.05, 4.69) is 22.3 Å². The third-order valence-corrected chi connectivity index (χ3v) is 6.85. The molecule has 6 rings (SSSR count). The number of rotatable bonds is 5. The first-order valence-corrected chi connectivity index (χ1v) is 11.4. The van der Waals surface area contributed by atoms with E-state index < -0.39 is 0 Å². The molecule has 0 aromatic carbocycles. The number of hydrogen-bond acceptors (Lipinski definition) is 5. The van der Waals surface area contributed by atoms with Crippen LogP contribution in [0.4, 0.5) is 0 Å². The maximum Gasteiger partial charge on any atom is 0.254 e. The Morgan fingerprint density at radius 2 is 1.81 bits per heavy atom. The van der Waals surface area contributed by atoms with E-state index >= 15 is 0 Å². The molecule has 162 valence electrons. The van der Waals surface area contributed by atoms with Gasteiger partial charge in [0.1, 0.15) is 0 Å². The van der Waals surface area contributed by atoms with Crippen LogP contribution in [0.3, 0.4) is 0 Å². The predicted molar refractivity (Wildman–Crippen MR) is 117 cm³/mol. The average molecular weight is 420 g/mol. The summed E-state index contributed by atoms with van der Waals surface area (Å²) in [5.41, 5.74) is 5.06. The molecule has 2 aliphatic carbocycles. The molecule has 31 heavy (non-hydrogen) atoms. The second-order valence-corrected chi connectivity index (χ2v) is 9.44. The lowest BCUT2D eigenvalue weighted by molar-refractivity contribution is 0.0630. The number of hydrogen-bond donors (Lipinski definition) is 0. The van der Waals surface area contributed by atoms with E-state index in [1.54, 1.807) is 0 Å². The van der Waals surface area contributed by atoms with Gasteiger partial charge in [0.2, 0.25) is 0 Å². The molecule has 3 fully saturated rings. The zero-order valence-corrected chi connectivity index (χ0v) is 18.3. The fourth-order valence-corrected chi connectivity index (χ4v) is 4.79. The van der Waals surface area contributed by atoms with Gasteiger partial charge in [-0.3, -0.25) is 19.1 Å². The smallest absolute Gasteiger partial charge is 0.254 e. The van der Waals surface area contributed by atoms with E-state index in [0.717, 1.165) is 73.6 Å². The molecule has 0 spiro atoms. The lowest BCUT2D eigenvalue weighted by Gasteiger charge is -2.34. The zero-order chi connectivity index (χ0) is 21.1. The summed E-state index contributed by atoms with van der Waals surface area (Å²) >= 11 is 0. The second-order valence-electron chi connectivity index (χ2n) is 9.44. The minimum atomic E-state index is 0.144. The van der Waals surface area contributed by atoms with Crippen molar-refractivity contribution >= 4 is 16.9 Å². The van der Waals surface area contributed by atoms with Gasteiger partial charge in [0.05, 0.1) is 22.8 Å². The van der Waals surface area contributed by atoms with Gasteiger partial charge in [-0.1, -0.05) is 0 Å². The van der Waals surface area contributed by atoms with Crippen molar-refractivity contribution < 1.29 is 4.79 Å². The van der Waals surface area contributed by atoms with E-state index in [9.17, 15) is 4.79 Å². The Labute approximate surface area is 181 Å². The monoisotopic (exact) mass is 419 g/mol. The molecule has 1 amide bonds. The Hall–Kier alpha value is -2.74. The summed E-state index contributed by atoms with van der Waals surface area (Å²) in [6, 6.07) is 2.08. The van der Waals surface area contributed by atoms with Gasteiger partial charge < -0.3 is 4.90 Å². The van der Waals surface area contributed by atoms with Crippen molar-refractivity contribution in [3.05, 3.63) is 41.0 Å². The van der Waals surface area contributed by atoms with Crippen molar-refractivity contribution in [2.45, 2.75) is 44.1 Å². The predicted octanol–water partition coefficient (Wildman–Crippen LogP) is 2.41. The molecule has 8 heteroatoms. The molecule has 3 aromatic rings. The standard InChI is InChI=1S/C23H29N7O/c1-27-13-15(12-24-27)14-29-7-9-30(10-8-29)23(31)18-11-19(16-3-4-16)25-22-20(18)21(17-5-6-17)26-28(22)2/h11-13,16-17H,3-10,14H2,1-2H3. The summed E-state index contributed by atoms with van der Waals surface area (Å²) in [5.74, 6) is 1.14. The number of aryl methyl sites for hydroxylation is 2. The molecular weight excluding hydrogens is 390 g/mol. The summed E-state index contributed by atoms with van der Waals surface area (Å²) in [5, 5.41) is 10.0. The summed E-state index contributed by atoms with van der Waals surface area (Å²) in [4.78, 5) is 23.1. The molecule has 0 radical (unpaired) electrons. The third kappa shape index (κ3) is 3.52. The van der Waals surface area contributed by atoms with Crippen LogP contribution in [0.5, 0.6) is 0 Å². The first-order valence-electron chi connectivity index (χ1n) is 11.4. The summed E-state index contributed by atoms with van der Waals surface area (Å²) in [6.07, 6.45) is 8.66. The molecule has 0 N–H and O–H groups in total. The zero-order valence-electron chi connectivity index (χ0n) is 18.3. The molecule has 1 aliphatic heterocycles. The number of pyridine rings is 1. The summed E-state index contributed by atoms with van der Waals surface area (Å²) in [6.45, 7) is 4.15. The van der Waals surface area contributed by atoms with Crippen LogP contribution in [0.25, 0.3) is 11.0 Å². The molecule has 3 aromatic heterocycles. The molecule has 2 saturated carbocycles. The number of carbonyl (C=O) groups is 1. The molecule has 8 nitrogen and oxygen atoms in total. The number of aromatic nitrogens is 5. The first-order chi connectivity index (χ1) is 15.1. The number of nitrogens with zero attached hydrogens (tertiary/aromatic N) is 7. The van der Waals surface area contributed by atoms with Crippen molar-refractivity contribution in [2.75, 3.05) is 26.2 Å². The van der Waals surface area contributed by atoms with Crippen molar-refractivity contribution in [3.63, 3.8) is 0 Å². The minimum Gasteiger partial charge on any atom is -0.336 e. The van der Waals surface area contributed by atoms with Crippen LogP contribution in [0.1, 0.15) is 64.8 Å². The van der Waals surface area contributed by atoms with Gasteiger partial charge >= 0.3 is 0 Å². The maximum absolute atomic E-state index is 13.7. The maximum atomic E-state index is 13.7. The molecular formula is C23H29N7O.